The van der Waals surface area contributed by atoms with Crippen LogP contribution in [-0.2, 0) is 4.79 Å². The zero-order valence-corrected chi connectivity index (χ0v) is 9.95. The zero-order chi connectivity index (χ0) is 12.0. The molecule has 0 aliphatic carbocycles. The van der Waals surface area contributed by atoms with Gasteiger partial charge in [-0.3, -0.25) is 4.79 Å². The maximum atomic E-state index is 10.7. The van der Waals surface area contributed by atoms with Crippen LogP contribution in [0, 0.1) is 0 Å². The van der Waals surface area contributed by atoms with Crippen LogP contribution in [-0.4, -0.2) is 24.2 Å². The molecule has 0 radical (unpaired) electrons. The fourth-order valence-electron chi connectivity index (χ4n) is 1.26. The fraction of sp³-hybridized carbons (Fsp3) is 0.182. The van der Waals surface area contributed by atoms with Gasteiger partial charge in [-0.15, -0.1) is 0 Å². The van der Waals surface area contributed by atoms with Gasteiger partial charge in [0.1, 0.15) is 6.54 Å². The Hall–Kier alpha value is -1.19. The van der Waals surface area contributed by atoms with Crippen molar-refractivity contribution in [3.05, 3.63) is 40.9 Å². The van der Waals surface area contributed by atoms with E-state index in [0.29, 0.717) is 5.03 Å². The lowest BCUT2D eigenvalue weighted by Gasteiger charge is -2.22. The lowest BCUT2D eigenvalue weighted by molar-refractivity contribution is -0.135. The summed E-state index contributed by atoms with van der Waals surface area (Å²) in [6.45, 7) is 0.159. The van der Waals surface area contributed by atoms with Crippen molar-refractivity contribution >= 4 is 34.9 Å². The Bertz CT molecular complexity index is 379. The first-order valence-corrected chi connectivity index (χ1v) is 5.41. The minimum absolute atomic E-state index is 0.120. The van der Waals surface area contributed by atoms with Gasteiger partial charge in [0.15, 0.2) is 0 Å². The van der Waals surface area contributed by atoms with Gasteiger partial charge in [0, 0.05) is 16.3 Å². The molecular formula is C11H11Cl2NO2. The molecule has 0 fully saturated rings. The van der Waals surface area contributed by atoms with Gasteiger partial charge in [0.25, 0.3) is 0 Å². The van der Waals surface area contributed by atoms with Gasteiger partial charge in [-0.1, -0.05) is 41.4 Å². The van der Waals surface area contributed by atoms with E-state index in [1.807, 2.05) is 30.3 Å². The van der Waals surface area contributed by atoms with E-state index in [-0.39, 0.29) is 13.1 Å². The van der Waals surface area contributed by atoms with Gasteiger partial charge < -0.3 is 10.0 Å². The lowest BCUT2D eigenvalue weighted by atomic mass is 10.3. The highest BCUT2D eigenvalue weighted by Crippen LogP contribution is 2.16. The first kappa shape index (κ1) is 12.9. The average Bonchev–Trinajstić information content (AvgIpc) is 2.28. The van der Waals surface area contributed by atoms with E-state index in [4.69, 9.17) is 28.3 Å². The van der Waals surface area contributed by atoms with Crippen LogP contribution in [0.15, 0.2) is 40.9 Å². The maximum absolute atomic E-state index is 10.7. The number of hydrogen-bond donors (Lipinski definition) is 1. The molecule has 0 spiro atoms. The highest BCUT2D eigenvalue weighted by molar-refractivity contribution is 6.36. The second-order valence-corrected chi connectivity index (χ2v) is 3.85. The predicted molar refractivity (Wildman–Crippen MR) is 66.1 cm³/mol. The summed E-state index contributed by atoms with van der Waals surface area (Å²) < 4.78 is 0. The summed E-state index contributed by atoms with van der Waals surface area (Å²) in [6.07, 6.45) is 0. The summed E-state index contributed by atoms with van der Waals surface area (Å²) in [5.74, 6) is -0.914. The van der Waals surface area contributed by atoms with Crippen LogP contribution in [0.25, 0.3) is 0 Å². The fourth-order valence-corrected chi connectivity index (χ4v) is 1.47. The van der Waals surface area contributed by atoms with E-state index < -0.39 is 5.97 Å². The number of halogens is 2. The molecule has 3 nitrogen and oxygen atoms in total. The van der Waals surface area contributed by atoms with E-state index >= 15 is 0 Å². The minimum Gasteiger partial charge on any atom is -0.480 e. The molecule has 0 unspecified atom stereocenters. The molecule has 0 bridgehead atoms. The number of anilines is 1. The van der Waals surface area contributed by atoms with E-state index in [0.717, 1.165) is 5.69 Å². The SMILES string of the molecule is O=C(O)CN(CC(Cl)=CCl)c1ccccc1. The van der Waals surface area contributed by atoms with E-state index in [2.05, 4.69) is 0 Å². The van der Waals surface area contributed by atoms with Crippen molar-refractivity contribution in [3.8, 4) is 0 Å². The first-order chi connectivity index (χ1) is 7.63. The highest BCUT2D eigenvalue weighted by Gasteiger charge is 2.11. The second kappa shape index (κ2) is 6.40. The van der Waals surface area contributed by atoms with Gasteiger partial charge in [-0.25, -0.2) is 0 Å². The van der Waals surface area contributed by atoms with Crippen molar-refractivity contribution in [1.82, 2.24) is 0 Å². The number of aliphatic carboxylic acids is 1. The Labute approximate surface area is 104 Å². The molecule has 0 aliphatic heterocycles. The van der Waals surface area contributed by atoms with E-state index in [1.54, 1.807) is 4.90 Å². The van der Waals surface area contributed by atoms with Gasteiger partial charge in [0.2, 0.25) is 0 Å². The number of rotatable bonds is 5. The molecule has 1 aromatic rings. The third-order valence-electron chi connectivity index (χ3n) is 1.91. The van der Waals surface area contributed by atoms with Crippen LogP contribution >= 0.6 is 23.2 Å². The molecular weight excluding hydrogens is 249 g/mol. The normalized spacial score (nSPS) is 11.2. The number of benzene rings is 1. The van der Waals surface area contributed by atoms with Crippen molar-refractivity contribution in [2.24, 2.45) is 0 Å². The zero-order valence-electron chi connectivity index (χ0n) is 8.44. The molecule has 0 heterocycles. The smallest absolute Gasteiger partial charge is 0.323 e. The molecule has 0 aromatic heterocycles. The molecule has 1 aromatic carbocycles. The molecule has 5 heteroatoms. The predicted octanol–water partition coefficient (Wildman–Crippen LogP) is 2.90. The van der Waals surface area contributed by atoms with Crippen LogP contribution in [0.3, 0.4) is 0 Å². The van der Waals surface area contributed by atoms with Crippen molar-refractivity contribution in [3.63, 3.8) is 0 Å². The molecule has 0 amide bonds. The van der Waals surface area contributed by atoms with Crippen LogP contribution in [0.2, 0.25) is 0 Å². The molecule has 1 rings (SSSR count). The number of carboxylic acid groups (broad SMARTS) is 1. The Kier molecular flexibility index (Phi) is 5.15. The molecule has 16 heavy (non-hydrogen) atoms. The standard InChI is InChI=1S/C11H11Cl2NO2/c12-6-9(13)7-14(8-11(15)16)10-4-2-1-3-5-10/h1-6H,7-8H2,(H,15,16). The molecule has 0 saturated heterocycles. The minimum atomic E-state index is -0.914. The third kappa shape index (κ3) is 4.13. The van der Waals surface area contributed by atoms with Gasteiger partial charge in [0.05, 0.1) is 6.54 Å². The van der Waals surface area contributed by atoms with Crippen molar-refractivity contribution in [2.45, 2.75) is 0 Å². The monoisotopic (exact) mass is 259 g/mol. The molecule has 0 saturated carbocycles. The quantitative estimate of drug-likeness (QED) is 0.884. The van der Waals surface area contributed by atoms with Gasteiger partial charge in [-0.05, 0) is 12.1 Å². The van der Waals surface area contributed by atoms with Crippen LogP contribution in [0.5, 0.6) is 0 Å². The summed E-state index contributed by atoms with van der Waals surface area (Å²) in [4.78, 5) is 12.3. The number of hydrogen-bond acceptors (Lipinski definition) is 2. The topological polar surface area (TPSA) is 40.5 Å². The largest absolute Gasteiger partial charge is 0.480 e. The average molecular weight is 260 g/mol. The summed E-state index contributed by atoms with van der Waals surface area (Å²) in [6, 6.07) is 9.18. The highest BCUT2D eigenvalue weighted by atomic mass is 35.5. The Balaban J connectivity index is 2.83. The maximum Gasteiger partial charge on any atom is 0.323 e. The summed E-state index contributed by atoms with van der Waals surface area (Å²) in [5, 5.41) is 9.19. The summed E-state index contributed by atoms with van der Waals surface area (Å²) >= 11 is 11.2. The van der Waals surface area contributed by atoms with E-state index in [1.165, 1.54) is 5.54 Å². The van der Waals surface area contributed by atoms with Crippen molar-refractivity contribution in [1.29, 1.82) is 0 Å². The number of nitrogens with zero attached hydrogens (tertiary/aromatic N) is 1. The van der Waals surface area contributed by atoms with Gasteiger partial charge in [-0.2, -0.15) is 0 Å². The second-order valence-electron chi connectivity index (χ2n) is 3.14. The van der Waals surface area contributed by atoms with Crippen LogP contribution in [0.1, 0.15) is 0 Å². The number of carbonyl (C=O) groups is 1. The molecule has 86 valence electrons. The van der Waals surface area contributed by atoms with E-state index in [9.17, 15) is 4.79 Å². The summed E-state index contributed by atoms with van der Waals surface area (Å²) in [5.41, 5.74) is 2.03. The molecule has 0 atom stereocenters. The van der Waals surface area contributed by atoms with Crippen molar-refractivity contribution < 1.29 is 9.90 Å². The first-order valence-electron chi connectivity index (χ1n) is 4.60. The Morgan fingerprint density at radius 3 is 2.44 bits per heavy atom. The number of para-hydroxylation sites is 1. The Morgan fingerprint density at radius 1 is 1.31 bits per heavy atom. The van der Waals surface area contributed by atoms with Crippen LogP contribution in [0.4, 0.5) is 5.69 Å². The lowest BCUT2D eigenvalue weighted by Crippen LogP contribution is -2.30. The third-order valence-corrected chi connectivity index (χ3v) is 2.51. The van der Waals surface area contributed by atoms with Crippen molar-refractivity contribution in [2.75, 3.05) is 18.0 Å². The Morgan fingerprint density at radius 2 is 1.94 bits per heavy atom. The number of carboxylic acids is 1. The molecule has 1 N–H and O–H groups in total. The van der Waals surface area contributed by atoms with Crippen LogP contribution < -0.4 is 4.90 Å². The summed E-state index contributed by atoms with van der Waals surface area (Å²) in [7, 11) is 0. The molecule has 0 aliphatic rings. The van der Waals surface area contributed by atoms with Gasteiger partial charge >= 0.3 is 5.97 Å².